The van der Waals surface area contributed by atoms with E-state index in [1.165, 1.54) is 18.3 Å². The Kier molecular flexibility index (Phi) is 3.10. The number of hydrogen-bond donors (Lipinski definition) is 0. The predicted molar refractivity (Wildman–Crippen MR) is 58.9 cm³/mol. The summed E-state index contributed by atoms with van der Waals surface area (Å²) in [7, 11) is 0. The first kappa shape index (κ1) is 11.2. The van der Waals surface area contributed by atoms with Crippen LogP contribution in [0.4, 0.5) is 8.78 Å². The van der Waals surface area contributed by atoms with Crippen molar-refractivity contribution >= 4 is 0 Å². The molecule has 4 heteroatoms. The van der Waals surface area contributed by atoms with Gasteiger partial charge in [-0.2, -0.15) is 5.26 Å². The Morgan fingerprint density at radius 2 is 2.06 bits per heavy atom. The average molecular weight is 230 g/mol. The summed E-state index contributed by atoms with van der Waals surface area (Å²) in [4.78, 5) is 3.98. The molecule has 0 radical (unpaired) electrons. The van der Waals surface area contributed by atoms with Gasteiger partial charge in [0.25, 0.3) is 0 Å². The summed E-state index contributed by atoms with van der Waals surface area (Å²) in [6, 6.07) is 9.18. The molecule has 17 heavy (non-hydrogen) atoms. The van der Waals surface area contributed by atoms with Crippen molar-refractivity contribution < 1.29 is 8.78 Å². The summed E-state index contributed by atoms with van der Waals surface area (Å²) in [5, 5.41) is 8.58. The van der Waals surface area contributed by atoms with E-state index in [1.54, 1.807) is 12.1 Å². The Morgan fingerprint density at radius 1 is 1.24 bits per heavy atom. The molecule has 0 spiro atoms. The van der Waals surface area contributed by atoms with Gasteiger partial charge in [0.2, 0.25) is 0 Å². The summed E-state index contributed by atoms with van der Waals surface area (Å²) >= 11 is 0. The molecule has 84 valence electrons. The fourth-order valence-electron chi connectivity index (χ4n) is 1.52. The molecule has 0 unspecified atom stereocenters. The lowest BCUT2D eigenvalue weighted by atomic mass is 10.1. The fraction of sp³-hybridized carbons (Fsp3) is 0.0769. The number of rotatable bonds is 2. The van der Waals surface area contributed by atoms with Gasteiger partial charge in [0.15, 0.2) is 11.6 Å². The van der Waals surface area contributed by atoms with E-state index < -0.39 is 11.6 Å². The molecule has 1 aromatic carbocycles. The molecule has 0 fully saturated rings. The Bertz CT molecular complexity index is 588. The minimum Gasteiger partial charge on any atom is -0.256 e. The zero-order valence-electron chi connectivity index (χ0n) is 8.82. The predicted octanol–water partition coefficient (Wildman–Crippen LogP) is 3.09. The molecule has 0 bridgehead atoms. The van der Waals surface area contributed by atoms with E-state index in [0.717, 1.165) is 11.6 Å². The summed E-state index contributed by atoms with van der Waals surface area (Å²) in [6.07, 6.45) is 1.69. The molecule has 0 aliphatic rings. The lowest BCUT2D eigenvalue weighted by molar-refractivity contribution is 0.511. The van der Waals surface area contributed by atoms with E-state index in [-0.39, 0.29) is 12.0 Å². The van der Waals surface area contributed by atoms with Crippen LogP contribution in [0.5, 0.6) is 0 Å². The van der Waals surface area contributed by atoms with Crippen molar-refractivity contribution in [3.05, 3.63) is 53.7 Å². The van der Waals surface area contributed by atoms with Gasteiger partial charge in [-0.25, -0.2) is 8.78 Å². The molecule has 0 aliphatic heterocycles. The van der Waals surface area contributed by atoms with Crippen LogP contribution in [0, 0.1) is 23.0 Å². The van der Waals surface area contributed by atoms with E-state index >= 15 is 0 Å². The van der Waals surface area contributed by atoms with Crippen molar-refractivity contribution in [2.45, 2.75) is 6.42 Å². The Hall–Kier alpha value is -2.28. The van der Waals surface area contributed by atoms with Gasteiger partial charge in [-0.1, -0.05) is 6.07 Å². The summed E-state index contributed by atoms with van der Waals surface area (Å²) < 4.78 is 26.6. The van der Waals surface area contributed by atoms with Gasteiger partial charge in [0, 0.05) is 11.8 Å². The zero-order valence-corrected chi connectivity index (χ0v) is 8.82. The number of nitriles is 1. The van der Waals surface area contributed by atoms with Crippen molar-refractivity contribution in [3.63, 3.8) is 0 Å². The maximum atomic E-state index is 13.5. The van der Waals surface area contributed by atoms with Crippen LogP contribution in [-0.2, 0) is 6.42 Å². The third-order valence-corrected chi connectivity index (χ3v) is 2.34. The molecule has 0 amide bonds. The van der Waals surface area contributed by atoms with Crippen molar-refractivity contribution in [2.75, 3.05) is 0 Å². The number of aromatic nitrogens is 1. The quantitative estimate of drug-likeness (QED) is 0.794. The lowest BCUT2D eigenvalue weighted by Crippen LogP contribution is -1.93. The van der Waals surface area contributed by atoms with E-state index in [2.05, 4.69) is 4.98 Å². The third-order valence-electron chi connectivity index (χ3n) is 2.34. The van der Waals surface area contributed by atoms with Gasteiger partial charge in [0.05, 0.1) is 18.2 Å². The van der Waals surface area contributed by atoms with Crippen molar-refractivity contribution in [1.82, 2.24) is 4.98 Å². The number of nitrogens with zero attached hydrogens (tertiary/aromatic N) is 2. The molecule has 0 atom stereocenters. The maximum Gasteiger partial charge on any atom is 0.168 e. The largest absolute Gasteiger partial charge is 0.256 e. The molecule has 1 heterocycles. The molecule has 1 aromatic heterocycles. The number of benzene rings is 1. The first-order valence-electron chi connectivity index (χ1n) is 4.98. The van der Waals surface area contributed by atoms with Crippen LogP contribution < -0.4 is 0 Å². The SMILES string of the molecule is N#CCc1ccnc(-c2cccc(F)c2F)c1. The van der Waals surface area contributed by atoms with Crippen molar-refractivity contribution in [2.24, 2.45) is 0 Å². The molecule has 0 aliphatic carbocycles. The molecule has 2 nitrogen and oxygen atoms in total. The van der Waals surface area contributed by atoms with Gasteiger partial charge in [-0.3, -0.25) is 4.98 Å². The molecular formula is C13H8F2N2. The van der Waals surface area contributed by atoms with Gasteiger partial charge in [-0.15, -0.1) is 0 Å². The second-order valence-corrected chi connectivity index (χ2v) is 3.49. The number of hydrogen-bond acceptors (Lipinski definition) is 2. The maximum absolute atomic E-state index is 13.5. The highest BCUT2D eigenvalue weighted by Crippen LogP contribution is 2.23. The standard InChI is InChI=1S/C13H8F2N2/c14-11-3-1-2-10(13(11)15)12-8-9(4-6-16)5-7-17-12/h1-3,5,7-8H,4H2. The molecular weight excluding hydrogens is 222 g/mol. The van der Waals surface area contributed by atoms with Crippen LogP contribution in [0.15, 0.2) is 36.5 Å². The monoisotopic (exact) mass is 230 g/mol. The minimum atomic E-state index is -0.922. The van der Waals surface area contributed by atoms with E-state index in [4.69, 9.17) is 5.26 Å². The van der Waals surface area contributed by atoms with E-state index in [9.17, 15) is 8.78 Å². The second kappa shape index (κ2) is 4.71. The Balaban J connectivity index is 2.50. The fourth-order valence-corrected chi connectivity index (χ4v) is 1.52. The lowest BCUT2D eigenvalue weighted by Gasteiger charge is -2.04. The molecule has 2 aromatic rings. The highest BCUT2D eigenvalue weighted by Gasteiger charge is 2.10. The Labute approximate surface area is 97.2 Å². The summed E-state index contributed by atoms with van der Waals surface area (Å²) in [5.74, 6) is -1.83. The Morgan fingerprint density at radius 3 is 2.82 bits per heavy atom. The zero-order chi connectivity index (χ0) is 12.3. The summed E-state index contributed by atoms with van der Waals surface area (Å²) in [6.45, 7) is 0. The van der Waals surface area contributed by atoms with Crippen LogP contribution in [-0.4, -0.2) is 4.98 Å². The smallest absolute Gasteiger partial charge is 0.168 e. The highest BCUT2D eigenvalue weighted by atomic mass is 19.2. The normalized spacial score (nSPS) is 9.94. The topological polar surface area (TPSA) is 36.7 Å². The second-order valence-electron chi connectivity index (χ2n) is 3.49. The van der Waals surface area contributed by atoms with Crippen LogP contribution in [0.2, 0.25) is 0 Å². The highest BCUT2D eigenvalue weighted by molar-refractivity contribution is 5.60. The summed E-state index contributed by atoms with van der Waals surface area (Å²) in [5.41, 5.74) is 1.15. The van der Waals surface area contributed by atoms with Crippen molar-refractivity contribution in [1.29, 1.82) is 5.26 Å². The average Bonchev–Trinajstić information content (AvgIpc) is 2.33. The van der Waals surface area contributed by atoms with Crippen LogP contribution in [0.3, 0.4) is 0 Å². The van der Waals surface area contributed by atoms with Crippen molar-refractivity contribution in [3.8, 4) is 17.3 Å². The van der Waals surface area contributed by atoms with Gasteiger partial charge >= 0.3 is 0 Å². The third kappa shape index (κ3) is 2.28. The van der Waals surface area contributed by atoms with Gasteiger partial charge in [-0.05, 0) is 29.8 Å². The molecule has 0 saturated carbocycles. The number of halogens is 2. The van der Waals surface area contributed by atoms with Gasteiger partial charge in [0.1, 0.15) is 0 Å². The number of pyridine rings is 1. The minimum absolute atomic E-state index is 0.102. The van der Waals surface area contributed by atoms with Gasteiger partial charge < -0.3 is 0 Å². The molecule has 0 saturated heterocycles. The van der Waals surface area contributed by atoms with E-state index in [1.807, 2.05) is 6.07 Å². The van der Waals surface area contributed by atoms with Crippen LogP contribution in [0.25, 0.3) is 11.3 Å². The first-order chi connectivity index (χ1) is 8.22. The molecule has 2 rings (SSSR count). The van der Waals surface area contributed by atoms with Crippen LogP contribution in [0.1, 0.15) is 5.56 Å². The van der Waals surface area contributed by atoms with Crippen LogP contribution >= 0.6 is 0 Å². The molecule has 0 N–H and O–H groups in total. The first-order valence-corrected chi connectivity index (χ1v) is 4.98. The van der Waals surface area contributed by atoms with E-state index in [0.29, 0.717) is 5.69 Å².